The first-order valence-corrected chi connectivity index (χ1v) is 5.56. The number of halogens is 1. The quantitative estimate of drug-likeness (QED) is 0.743. The van der Waals surface area contributed by atoms with Crippen molar-refractivity contribution in [3.63, 3.8) is 0 Å². The molecule has 1 fully saturated rings. The highest BCUT2D eigenvalue weighted by atomic mass is 127. The highest BCUT2D eigenvalue weighted by molar-refractivity contribution is 14.1. The van der Waals surface area contributed by atoms with Gasteiger partial charge in [-0.05, 0) is 41.1 Å². The number of carbonyl (C=O) groups is 1. The minimum atomic E-state index is -0.0347. The van der Waals surface area contributed by atoms with Crippen molar-refractivity contribution in [2.45, 2.75) is 6.42 Å². The molecule has 14 heavy (non-hydrogen) atoms. The number of hydroxylamine groups is 2. The van der Waals surface area contributed by atoms with Crippen molar-refractivity contribution < 1.29 is 9.63 Å². The van der Waals surface area contributed by atoms with Gasteiger partial charge in [0.05, 0.1) is 18.7 Å². The van der Waals surface area contributed by atoms with Gasteiger partial charge in [0.2, 0.25) is 0 Å². The summed E-state index contributed by atoms with van der Waals surface area (Å²) in [6.07, 6.45) is 0.926. The van der Waals surface area contributed by atoms with E-state index in [0.717, 1.165) is 15.6 Å². The molecule has 1 heterocycles. The summed E-state index contributed by atoms with van der Waals surface area (Å²) in [5, 5.41) is 1.44. The molecule has 1 aromatic rings. The zero-order chi connectivity index (χ0) is 9.97. The summed E-state index contributed by atoms with van der Waals surface area (Å²) in [6.45, 7) is 1.35. The summed E-state index contributed by atoms with van der Waals surface area (Å²) >= 11 is 2.16. The van der Waals surface area contributed by atoms with Gasteiger partial charge in [0.1, 0.15) is 0 Å². The van der Waals surface area contributed by atoms with E-state index in [9.17, 15) is 4.79 Å². The normalized spacial score (nSPS) is 15.9. The van der Waals surface area contributed by atoms with E-state index in [1.807, 2.05) is 24.3 Å². The average Bonchev–Trinajstić information content (AvgIpc) is 2.70. The van der Waals surface area contributed by atoms with Crippen LogP contribution in [0.4, 0.5) is 0 Å². The molecule has 4 heteroatoms. The highest BCUT2D eigenvalue weighted by Crippen LogP contribution is 2.16. The minimum Gasteiger partial charge on any atom is -0.271 e. The van der Waals surface area contributed by atoms with Gasteiger partial charge in [-0.2, -0.15) is 0 Å². The number of hydrogen-bond donors (Lipinski definition) is 0. The topological polar surface area (TPSA) is 29.5 Å². The van der Waals surface area contributed by atoms with Crippen LogP contribution in [0, 0.1) is 3.57 Å². The number of carbonyl (C=O) groups excluding carboxylic acids is 1. The number of benzene rings is 1. The van der Waals surface area contributed by atoms with Crippen molar-refractivity contribution in [1.29, 1.82) is 0 Å². The van der Waals surface area contributed by atoms with Crippen molar-refractivity contribution >= 4 is 28.5 Å². The molecule has 0 saturated carbocycles. The van der Waals surface area contributed by atoms with E-state index in [-0.39, 0.29) is 5.91 Å². The molecule has 0 bridgehead atoms. The first-order chi connectivity index (χ1) is 6.79. The second-order valence-electron chi connectivity index (χ2n) is 3.07. The molecule has 1 amide bonds. The van der Waals surface area contributed by atoms with Gasteiger partial charge in [-0.25, -0.2) is 5.06 Å². The van der Waals surface area contributed by atoms with Gasteiger partial charge in [0.25, 0.3) is 5.91 Å². The van der Waals surface area contributed by atoms with Crippen LogP contribution in [0.2, 0.25) is 0 Å². The van der Waals surface area contributed by atoms with E-state index < -0.39 is 0 Å². The van der Waals surface area contributed by atoms with Crippen LogP contribution in [0.1, 0.15) is 16.8 Å². The second-order valence-corrected chi connectivity index (χ2v) is 4.24. The first-order valence-electron chi connectivity index (χ1n) is 4.48. The molecular formula is C10H10INO2. The van der Waals surface area contributed by atoms with Crippen LogP contribution < -0.4 is 0 Å². The largest absolute Gasteiger partial charge is 0.278 e. The van der Waals surface area contributed by atoms with Crippen LogP contribution in [0.25, 0.3) is 0 Å². The average molecular weight is 303 g/mol. The molecule has 1 aliphatic rings. The Morgan fingerprint density at radius 2 is 2.21 bits per heavy atom. The maximum atomic E-state index is 11.9. The Kier molecular flexibility index (Phi) is 3.02. The van der Waals surface area contributed by atoms with Crippen LogP contribution >= 0.6 is 22.6 Å². The van der Waals surface area contributed by atoms with Crippen molar-refractivity contribution in [2.24, 2.45) is 0 Å². The van der Waals surface area contributed by atoms with Crippen LogP contribution in [0.3, 0.4) is 0 Å². The molecular weight excluding hydrogens is 293 g/mol. The lowest BCUT2D eigenvalue weighted by atomic mass is 10.2. The third kappa shape index (κ3) is 1.90. The molecule has 3 nitrogen and oxygen atoms in total. The van der Waals surface area contributed by atoms with Crippen molar-refractivity contribution in [2.75, 3.05) is 13.2 Å². The zero-order valence-electron chi connectivity index (χ0n) is 7.57. The number of amides is 1. The van der Waals surface area contributed by atoms with Gasteiger partial charge in [-0.3, -0.25) is 9.63 Å². The van der Waals surface area contributed by atoms with Crippen LogP contribution in [0.5, 0.6) is 0 Å². The molecule has 0 radical (unpaired) electrons. The van der Waals surface area contributed by atoms with E-state index >= 15 is 0 Å². The molecule has 0 N–H and O–H groups in total. The standard InChI is InChI=1S/C10H10INO2/c11-9-5-2-1-4-8(9)10(13)12-6-3-7-14-12/h1-2,4-5H,3,6-7H2. The summed E-state index contributed by atoms with van der Waals surface area (Å²) < 4.78 is 0.964. The van der Waals surface area contributed by atoms with Crippen LogP contribution in [-0.2, 0) is 4.84 Å². The molecule has 0 unspecified atom stereocenters. The fourth-order valence-electron chi connectivity index (χ4n) is 1.38. The Bertz CT molecular complexity index is 348. The fourth-order valence-corrected chi connectivity index (χ4v) is 1.99. The molecule has 74 valence electrons. The Balaban J connectivity index is 2.22. The smallest absolute Gasteiger partial charge is 0.271 e. The molecule has 0 atom stereocenters. The summed E-state index contributed by atoms with van der Waals surface area (Å²) in [6, 6.07) is 7.53. The van der Waals surface area contributed by atoms with Gasteiger partial charge >= 0.3 is 0 Å². The summed E-state index contributed by atoms with van der Waals surface area (Å²) in [5.41, 5.74) is 0.718. The zero-order valence-corrected chi connectivity index (χ0v) is 9.73. The first kappa shape index (κ1) is 9.92. The Labute approximate surface area is 96.1 Å². The predicted octanol–water partition coefficient (Wildman–Crippen LogP) is 2.07. The van der Waals surface area contributed by atoms with E-state index in [1.54, 1.807) is 0 Å². The molecule has 1 aromatic carbocycles. The molecule has 2 rings (SSSR count). The van der Waals surface area contributed by atoms with Crippen LogP contribution in [0.15, 0.2) is 24.3 Å². The summed E-state index contributed by atoms with van der Waals surface area (Å²) in [4.78, 5) is 17.1. The lowest BCUT2D eigenvalue weighted by Crippen LogP contribution is -2.27. The molecule has 1 aliphatic heterocycles. The van der Waals surface area contributed by atoms with Gasteiger partial charge in [0.15, 0.2) is 0 Å². The van der Waals surface area contributed by atoms with Gasteiger partial charge in [-0.15, -0.1) is 0 Å². The molecule has 0 aliphatic carbocycles. The second kappa shape index (κ2) is 4.27. The van der Waals surface area contributed by atoms with Gasteiger partial charge < -0.3 is 0 Å². The lowest BCUT2D eigenvalue weighted by molar-refractivity contribution is -0.0769. The third-order valence-corrected chi connectivity index (χ3v) is 3.02. The lowest BCUT2D eigenvalue weighted by Gasteiger charge is -2.14. The monoisotopic (exact) mass is 303 g/mol. The Hall–Kier alpha value is -0.620. The predicted molar refractivity (Wildman–Crippen MR) is 60.8 cm³/mol. The van der Waals surface area contributed by atoms with E-state index in [0.29, 0.717) is 13.2 Å². The SMILES string of the molecule is O=C(c1ccccc1I)N1CCCO1. The summed E-state index contributed by atoms with van der Waals surface area (Å²) in [5.74, 6) is -0.0347. The maximum absolute atomic E-state index is 11.9. The van der Waals surface area contributed by atoms with E-state index in [2.05, 4.69) is 22.6 Å². The van der Waals surface area contributed by atoms with Gasteiger partial charge in [0, 0.05) is 3.57 Å². The van der Waals surface area contributed by atoms with E-state index in [1.165, 1.54) is 5.06 Å². The van der Waals surface area contributed by atoms with Crippen molar-refractivity contribution in [3.8, 4) is 0 Å². The number of hydrogen-bond acceptors (Lipinski definition) is 2. The number of rotatable bonds is 1. The third-order valence-electron chi connectivity index (χ3n) is 2.08. The molecule has 0 spiro atoms. The van der Waals surface area contributed by atoms with Crippen molar-refractivity contribution in [1.82, 2.24) is 5.06 Å². The Morgan fingerprint density at radius 3 is 2.86 bits per heavy atom. The molecule has 1 saturated heterocycles. The van der Waals surface area contributed by atoms with E-state index in [4.69, 9.17) is 4.84 Å². The minimum absolute atomic E-state index is 0.0347. The summed E-state index contributed by atoms with van der Waals surface area (Å²) in [7, 11) is 0. The highest BCUT2D eigenvalue weighted by Gasteiger charge is 2.21. The molecule has 0 aromatic heterocycles. The van der Waals surface area contributed by atoms with Crippen molar-refractivity contribution in [3.05, 3.63) is 33.4 Å². The van der Waals surface area contributed by atoms with Crippen LogP contribution in [-0.4, -0.2) is 24.1 Å². The van der Waals surface area contributed by atoms with Gasteiger partial charge in [-0.1, -0.05) is 12.1 Å². The number of nitrogens with zero attached hydrogens (tertiary/aromatic N) is 1. The fraction of sp³-hybridized carbons (Fsp3) is 0.300. The Morgan fingerprint density at radius 1 is 1.43 bits per heavy atom. The maximum Gasteiger partial charge on any atom is 0.278 e.